The third-order valence-corrected chi connectivity index (χ3v) is 0.406. The lowest BCUT2D eigenvalue weighted by Gasteiger charge is -1.49. The van der Waals surface area contributed by atoms with E-state index in [-0.39, 0.29) is 0 Å². The first-order valence-electron chi connectivity index (χ1n) is 1.43. The highest BCUT2D eigenvalue weighted by Crippen LogP contribution is 1.74. The van der Waals surface area contributed by atoms with Gasteiger partial charge in [0.05, 0.1) is 6.20 Å². The molecule has 0 aliphatic carbocycles. The Kier molecular flexibility index (Phi) is 0.423. The average Bonchev–Trinajstić information content (AvgIpc) is 1.76. The highest BCUT2D eigenvalue weighted by Gasteiger charge is 1.61. The molecule has 5 heavy (non-hydrogen) atoms. The van der Waals surface area contributed by atoms with E-state index in [0.717, 1.165) is 0 Å². The summed E-state index contributed by atoms with van der Waals surface area (Å²) in [7, 11) is 0. The van der Waals surface area contributed by atoms with Crippen molar-refractivity contribution in [3.8, 4) is 0 Å². The molecule has 0 atom stereocenters. The van der Waals surface area contributed by atoms with Crippen LogP contribution in [0.2, 0.25) is 0 Å². The van der Waals surface area contributed by atoms with Crippen LogP contribution < -0.4 is 0 Å². The number of rotatable bonds is 0. The molecule has 0 saturated carbocycles. The fraction of sp³-hybridized carbons (Fsp3) is 0. The largest absolute Gasteiger partial charge is 0.256 e. The van der Waals surface area contributed by atoms with Crippen molar-refractivity contribution in [3.05, 3.63) is 18.0 Å². The SMILES string of the molecule is C1=CC=NC=1. The van der Waals surface area contributed by atoms with Gasteiger partial charge in [0.2, 0.25) is 0 Å². The molecular weight excluding hydrogens is 62.1 g/mol. The maximum Gasteiger partial charge on any atom is 0.0687 e. The summed E-state index contributed by atoms with van der Waals surface area (Å²) >= 11 is 0. The van der Waals surface area contributed by atoms with Crippen LogP contribution in [-0.4, -0.2) is 6.21 Å². The minimum Gasteiger partial charge on any atom is -0.256 e. The molecule has 0 amide bonds. The van der Waals surface area contributed by atoms with Gasteiger partial charge in [-0.3, -0.25) is 4.99 Å². The van der Waals surface area contributed by atoms with E-state index in [1.807, 2.05) is 0 Å². The Balaban J connectivity index is 2.98. The maximum atomic E-state index is 3.67. The molecule has 1 heterocycles. The molecule has 0 fully saturated rings. The Hall–Kier alpha value is -0.810. The molecule has 0 radical (unpaired) electrons. The minimum absolute atomic E-state index is 1.62. The highest BCUT2D eigenvalue weighted by atomic mass is 14.7. The molecule has 1 rings (SSSR count). The van der Waals surface area contributed by atoms with Gasteiger partial charge in [0.25, 0.3) is 0 Å². The van der Waals surface area contributed by atoms with Gasteiger partial charge in [-0.25, -0.2) is 0 Å². The Morgan fingerprint density at radius 3 is 2.80 bits per heavy atom. The molecule has 24 valence electrons. The second-order valence-corrected chi connectivity index (χ2v) is 0.761. The number of hydrogen-bond acceptors (Lipinski definition) is 1. The van der Waals surface area contributed by atoms with Gasteiger partial charge in [-0.2, -0.15) is 0 Å². The van der Waals surface area contributed by atoms with Crippen LogP contribution in [0.3, 0.4) is 0 Å². The van der Waals surface area contributed by atoms with Crippen molar-refractivity contribution >= 4 is 6.21 Å². The lowest BCUT2D eigenvalue weighted by molar-refractivity contribution is 1.65. The van der Waals surface area contributed by atoms with Crippen molar-refractivity contribution in [1.82, 2.24) is 0 Å². The van der Waals surface area contributed by atoms with Crippen molar-refractivity contribution in [1.29, 1.82) is 0 Å². The number of nitrogens with zero attached hydrogens (tertiary/aromatic N) is 1. The second kappa shape index (κ2) is 0.871. The smallest absolute Gasteiger partial charge is 0.0687 e. The van der Waals surface area contributed by atoms with Crippen molar-refractivity contribution in [2.75, 3.05) is 0 Å². The quantitative estimate of drug-likeness (QED) is 0.369. The summed E-state index contributed by atoms with van der Waals surface area (Å²) in [5.74, 6) is 0. The number of aliphatic imine (C=N–C) groups is 1. The van der Waals surface area contributed by atoms with E-state index in [9.17, 15) is 0 Å². The van der Waals surface area contributed by atoms with Crippen LogP contribution in [0.5, 0.6) is 0 Å². The van der Waals surface area contributed by atoms with Gasteiger partial charge in [-0.1, -0.05) is 5.73 Å². The first kappa shape index (κ1) is 2.43. The number of allylic oxidation sites excluding steroid dienone is 1. The van der Waals surface area contributed by atoms with E-state index in [0.29, 0.717) is 0 Å². The third kappa shape index (κ3) is 0.257. The van der Waals surface area contributed by atoms with Crippen molar-refractivity contribution in [2.45, 2.75) is 0 Å². The van der Waals surface area contributed by atoms with Crippen LogP contribution in [0.15, 0.2) is 23.0 Å². The van der Waals surface area contributed by atoms with Crippen LogP contribution in [0, 0.1) is 0 Å². The molecule has 0 aromatic rings. The van der Waals surface area contributed by atoms with Crippen molar-refractivity contribution in [2.24, 2.45) is 4.99 Å². The topological polar surface area (TPSA) is 12.4 Å². The molecule has 1 aliphatic heterocycles. The summed E-state index contributed by atoms with van der Waals surface area (Å²) in [5.41, 5.74) is 2.75. The summed E-state index contributed by atoms with van der Waals surface area (Å²) in [4.78, 5) is 3.67. The molecule has 0 unspecified atom stereocenters. The highest BCUT2D eigenvalue weighted by molar-refractivity contribution is 5.73. The Labute approximate surface area is 30.3 Å². The minimum atomic E-state index is 1.62. The standard InChI is InChI=1S/C4H3N/c1-2-4-5-3-1/h1,3-4H. The van der Waals surface area contributed by atoms with Gasteiger partial charge in [-0.05, 0) is 0 Å². The Morgan fingerprint density at radius 1 is 1.60 bits per heavy atom. The van der Waals surface area contributed by atoms with E-state index < -0.39 is 0 Å². The van der Waals surface area contributed by atoms with E-state index >= 15 is 0 Å². The third-order valence-electron chi connectivity index (χ3n) is 0.406. The van der Waals surface area contributed by atoms with E-state index in [4.69, 9.17) is 0 Å². The fourth-order valence-corrected chi connectivity index (χ4v) is 0.215. The van der Waals surface area contributed by atoms with Crippen LogP contribution in [0.1, 0.15) is 0 Å². The van der Waals surface area contributed by atoms with Gasteiger partial charge < -0.3 is 0 Å². The molecule has 1 nitrogen and oxygen atoms in total. The zero-order chi connectivity index (χ0) is 3.54. The molecule has 0 aromatic heterocycles. The van der Waals surface area contributed by atoms with Gasteiger partial charge >= 0.3 is 0 Å². The normalized spacial score (nSPS) is 14.4. The molecule has 0 saturated heterocycles. The van der Waals surface area contributed by atoms with Crippen molar-refractivity contribution < 1.29 is 0 Å². The van der Waals surface area contributed by atoms with Gasteiger partial charge in [-0.15, -0.1) is 0 Å². The van der Waals surface area contributed by atoms with Gasteiger partial charge in [0, 0.05) is 12.3 Å². The number of hydrogen-bond donors (Lipinski definition) is 0. The molecule has 0 aromatic carbocycles. The predicted molar refractivity (Wildman–Crippen MR) is 21.1 cm³/mol. The zero-order valence-corrected chi connectivity index (χ0v) is 2.68. The molecule has 0 N–H and O–H groups in total. The van der Waals surface area contributed by atoms with Crippen molar-refractivity contribution in [3.63, 3.8) is 0 Å². The molecule has 0 spiro atoms. The zero-order valence-electron chi connectivity index (χ0n) is 2.68. The Morgan fingerprint density at radius 2 is 2.60 bits per heavy atom. The summed E-state index contributed by atoms with van der Waals surface area (Å²) in [6.45, 7) is 0. The van der Waals surface area contributed by atoms with Crippen LogP contribution >= 0.6 is 0 Å². The molecule has 1 heteroatoms. The van der Waals surface area contributed by atoms with Crippen LogP contribution in [-0.2, 0) is 0 Å². The monoisotopic (exact) mass is 65.0 g/mol. The van der Waals surface area contributed by atoms with Gasteiger partial charge in [0.1, 0.15) is 0 Å². The molecule has 0 bridgehead atoms. The fourth-order valence-electron chi connectivity index (χ4n) is 0.215. The van der Waals surface area contributed by atoms with Gasteiger partial charge in [0.15, 0.2) is 0 Å². The summed E-state index contributed by atoms with van der Waals surface area (Å²) < 4.78 is 0. The van der Waals surface area contributed by atoms with E-state index in [1.54, 1.807) is 18.5 Å². The van der Waals surface area contributed by atoms with E-state index in [2.05, 4.69) is 10.7 Å². The first-order valence-corrected chi connectivity index (χ1v) is 1.43. The predicted octanol–water partition coefficient (Wildman–Crippen LogP) is 0.740. The average molecular weight is 65.1 g/mol. The lowest BCUT2D eigenvalue weighted by atomic mass is 10.7. The second-order valence-electron chi connectivity index (χ2n) is 0.761. The first-order chi connectivity index (χ1) is 2.50. The van der Waals surface area contributed by atoms with Crippen LogP contribution in [0.25, 0.3) is 0 Å². The van der Waals surface area contributed by atoms with E-state index in [1.165, 1.54) is 0 Å². The summed E-state index contributed by atoms with van der Waals surface area (Å²) in [6, 6.07) is 0. The summed E-state index contributed by atoms with van der Waals surface area (Å²) in [5, 5.41) is 0. The van der Waals surface area contributed by atoms with Crippen LogP contribution in [0.4, 0.5) is 0 Å². The Bertz CT molecular complexity index is 94.8. The maximum absolute atomic E-state index is 3.67. The lowest BCUT2D eigenvalue weighted by Crippen LogP contribution is -1.43. The summed E-state index contributed by atoms with van der Waals surface area (Å²) in [6.07, 6.45) is 5.08. The molecular formula is C4H3N. The molecule has 1 aliphatic rings.